The van der Waals surface area contributed by atoms with Crippen molar-refractivity contribution >= 4 is 28.4 Å². The molecule has 1 rings (SSSR count). The Balaban J connectivity index is 2.83. The molecule has 0 bridgehead atoms. The van der Waals surface area contributed by atoms with Crippen LogP contribution in [0.2, 0.25) is 0 Å². The molecule has 0 fully saturated rings. The van der Waals surface area contributed by atoms with Crippen molar-refractivity contribution in [2.45, 2.75) is 27.2 Å². The summed E-state index contributed by atoms with van der Waals surface area (Å²) in [6, 6.07) is 0. The van der Waals surface area contributed by atoms with E-state index in [9.17, 15) is 0 Å². The van der Waals surface area contributed by atoms with Crippen molar-refractivity contribution in [1.29, 1.82) is 0 Å². The molecule has 1 aromatic rings. The third-order valence-corrected chi connectivity index (χ3v) is 2.71. The summed E-state index contributed by atoms with van der Waals surface area (Å²) >= 11 is 2.22. The highest BCUT2D eigenvalue weighted by Crippen LogP contribution is 2.24. The van der Waals surface area contributed by atoms with Gasteiger partial charge in [-0.25, -0.2) is 0 Å². The molecular formula is C8H14IN3. The van der Waals surface area contributed by atoms with Crippen LogP contribution in [0, 0.1) is 8.99 Å². The Hall–Kier alpha value is -0.260. The minimum absolute atomic E-state index is 0.277. The number of nitrogens with two attached hydrogens (primary N) is 1. The maximum atomic E-state index is 5.61. The summed E-state index contributed by atoms with van der Waals surface area (Å²) in [6.45, 7) is 6.58. The van der Waals surface area contributed by atoms with Crippen molar-refractivity contribution in [3.05, 3.63) is 9.26 Å². The number of nitrogens with zero attached hydrogens (tertiary/aromatic N) is 1. The Labute approximate surface area is 86.3 Å². The SMILES string of the molecule is CC(C)(C)Cc1[nH]nc(N)c1I. The largest absolute Gasteiger partial charge is 0.381 e. The number of rotatable bonds is 1. The molecule has 1 aromatic heterocycles. The molecule has 3 N–H and O–H groups in total. The molecule has 4 heteroatoms. The van der Waals surface area contributed by atoms with Crippen molar-refractivity contribution in [2.75, 3.05) is 5.73 Å². The average molecular weight is 279 g/mol. The predicted molar refractivity (Wildman–Crippen MR) is 58.9 cm³/mol. The van der Waals surface area contributed by atoms with E-state index < -0.39 is 0 Å². The summed E-state index contributed by atoms with van der Waals surface area (Å²) in [5, 5.41) is 6.89. The van der Waals surface area contributed by atoms with E-state index in [0.717, 1.165) is 15.7 Å². The van der Waals surface area contributed by atoms with Crippen LogP contribution in [0.5, 0.6) is 0 Å². The van der Waals surface area contributed by atoms with E-state index in [2.05, 4.69) is 53.6 Å². The molecule has 0 radical (unpaired) electrons. The van der Waals surface area contributed by atoms with Gasteiger partial charge in [0.15, 0.2) is 5.82 Å². The quantitative estimate of drug-likeness (QED) is 0.774. The second kappa shape index (κ2) is 3.24. The number of H-pyrrole nitrogens is 1. The van der Waals surface area contributed by atoms with Crippen LogP contribution in [0.1, 0.15) is 26.5 Å². The van der Waals surface area contributed by atoms with Crippen molar-refractivity contribution in [3.8, 4) is 0 Å². The molecule has 68 valence electrons. The zero-order valence-corrected chi connectivity index (χ0v) is 9.77. The minimum Gasteiger partial charge on any atom is -0.381 e. The Morgan fingerprint density at radius 3 is 2.42 bits per heavy atom. The first-order chi connectivity index (χ1) is 5.40. The topological polar surface area (TPSA) is 54.7 Å². The van der Waals surface area contributed by atoms with Crippen LogP contribution in [0.25, 0.3) is 0 Å². The summed E-state index contributed by atoms with van der Waals surface area (Å²) in [4.78, 5) is 0. The summed E-state index contributed by atoms with van der Waals surface area (Å²) in [6.07, 6.45) is 0.982. The van der Waals surface area contributed by atoms with Crippen LogP contribution in [0.3, 0.4) is 0 Å². The molecular weight excluding hydrogens is 265 g/mol. The Bertz CT molecular complexity index is 272. The third kappa shape index (κ3) is 2.36. The van der Waals surface area contributed by atoms with E-state index in [1.54, 1.807) is 0 Å². The molecule has 1 heterocycles. The van der Waals surface area contributed by atoms with Crippen molar-refractivity contribution < 1.29 is 0 Å². The first kappa shape index (κ1) is 9.83. The molecule has 0 saturated heterocycles. The van der Waals surface area contributed by atoms with Crippen molar-refractivity contribution in [3.63, 3.8) is 0 Å². The normalized spacial score (nSPS) is 12.0. The molecule has 0 aliphatic rings. The van der Waals surface area contributed by atoms with Crippen LogP contribution in [-0.2, 0) is 6.42 Å². The minimum atomic E-state index is 0.277. The number of aromatic amines is 1. The summed E-state index contributed by atoms with van der Waals surface area (Å²) < 4.78 is 1.06. The highest BCUT2D eigenvalue weighted by atomic mass is 127. The van der Waals surface area contributed by atoms with Gasteiger partial charge in [0, 0.05) is 0 Å². The van der Waals surface area contributed by atoms with E-state index in [4.69, 9.17) is 5.73 Å². The van der Waals surface area contributed by atoms with Crippen molar-refractivity contribution in [1.82, 2.24) is 10.2 Å². The van der Waals surface area contributed by atoms with Crippen LogP contribution in [-0.4, -0.2) is 10.2 Å². The summed E-state index contributed by atoms with van der Waals surface area (Å²) in [5.41, 5.74) is 7.03. The molecule has 0 unspecified atom stereocenters. The number of anilines is 1. The number of nitrogen functional groups attached to an aromatic ring is 1. The van der Waals surface area contributed by atoms with Gasteiger partial charge in [0.05, 0.1) is 9.26 Å². The average Bonchev–Trinajstić information content (AvgIpc) is 2.16. The molecule has 0 spiro atoms. The maximum Gasteiger partial charge on any atom is 0.158 e. The van der Waals surface area contributed by atoms with E-state index in [1.165, 1.54) is 0 Å². The number of hydrogen-bond donors (Lipinski definition) is 2. The van der Waals surface area contributed by atoms with Gasteiger partial charge in [-0.2, -0.15) is 5.10 Å². The van der Waals surface area contributed by atoms with Gasteiger partial charge >= 0.3 is 0 Å². The fraction of sp³-hybridized carbons (Fsp3) is 0.625. The number of hydrogen-bond acceptors (Lipinski definition) is 2. The molecule has 0 aliphatic heterocycles. The van der Waals surface area contributed by atoms with Crippen LogP contribution in [0.4, 0.5) is 5.82 Å². The Morgan fingerprint density at radius 2 is 2.08 bits per heavy atom. The fourth-order valence-corrected chi connectivity index (χ4v) is 1.46. The first-order valence-corrected chi connectivity index (χ1v) is 4.96. The smallest absolute Gasteiger partial charge is 0.158 e. The molecule has 12 heavy (non-hydrogen) atoms. The molecule has 0 saturated carbocycles. The number of halogens is 1. The van der Waals surface area contributed by atoms with Gasteiger partial charge in [-0.05, 0) is 34.4 Å². The van der Waals surface area contributed by atoms with Gasteiger partial charge in [-0.15, -0.1) is 0 Å². The molecule has 0 atom stereocenters. The highest BCUT2D eigenvalue weighted by molar-refractivity contribution is 14.1. The standard InChI is InChI=1S/C8H14IN3/c1-8(2,3)4-5-6(9)7(10)12-11-5/h4H2,1-3H3,(H3,10,11,12). The van der Waals surface area contributed by atoms with Crippen LogP contribution < -0.4 is 5.73 Å². The van der Waals surface area contributed by atoms with Gasteiger partial charge in [-0.1, -0.05) is 20.8 Å². The summed E-state index contributed by atoms with van der Waals surface area (Å²) in [5.74, 6) is 0.606. The van der Waals surface area contributed by atoms with E-state index in [0.29, 0.717) is 5.82 Å². The third-order valence-electron chi connectivity index (χ3n) is 1.51. The fourth-order valence-electron chi connectivity index (χ4n) is 1.03. The van der Waals surface area contributed by atoms with Gasteiger partial charge in [0.25, 0.3) is 0 Å². The van der Waals surface area contributed by atoms with Crippen LogP contribution >= 0.6 is 22.6 Å². The lowest BCUT2D eigenvalue weighted by Gasteiger charge is -2.16. The van der Waals surface area contributed by atoms with E-state index in [-0.39, 0.29) is 5.41 Å². The summed E-state index contributed by atoms with van der Waals surface area (Å²) in [7, 11) is 0. The molecule has 3 nitrogen and oxygen atoms in total. The molecule has 0 aliphatic carbocycles. The lowest BCUT2D eigenvalue weighted by molar-refractivity contribution is 0.405. The molecule has 0 aromatic carbocycles. The number of nitrogens with one attached hydrogen (secondary N) is 1. The van der Waals surface area contributed by atoms with Crippen molar-refractivity contribution in [2.24, 2.45) is 5.41 Å². The maximum absolute atomic E-state index is 5.61. The Morgan fingerprint density at radius 1 is 1.50 bits per heavy atom. The zero-order chi connectivity index (χ0) is 9.35. The van der Waals surface area contributed by atoms with Gasteiger partial charge in [-0.3, -0.25) is 5.10 Å². The zero-order valence-electron chi connectivity index (χ0n) is 7.61. The number of aromatic nitrogens is 2. The monoisotopic (exact) mass is 279 g/mol. The van der Waals surface area contributed by atoms with Gasteiger partial charge in [0.1, 0.15) is 0 Å². The lowest BCUT2D eigenvalue weighted by atomic mass is 9.91. The first-order valence-electron chi connectivity index (χ1n) is 3.88. The highest BCUT2D eigenvalue weighted by Gasteiger charge is 2.16. The lowest BCUT2D eigenvalue weighted by Crippen LogP contribution is -2.10. The van der Waals surface area contributed by atoms with E-state index >= 15 is 0 Å². The van der Waals surface area contributed by atoms with Crippen LogP contribution in [0.15, 0.2) is 0 Å². The Kier molecular flexibility index (Phi) is 2.65. The second-order valence-corrected chi connectivity index (χ2v) is 5.22. The van der Waals surface area contributed by atoms with Gasteiger partial charge in [0.2, 0.25) is 0 Å². The second-order valence-electron chi connectivity index (χ2n) is 4.14. The van der Waals surface area contributed by atoms with E-state index in [1.807, 2.05) is 0 Å². The van der Waals surface area contributed by atoms with Gasteiger partial charge < -0.3 is 5.73 Å². The molecule has 0 amide bonds. The predicted octanol–water partition coefficient (Wildman–Crippen LogP) is 2.19.